The number of nitrogens with zero attached hydrogens (tertiary/aromatic N) is 2. The number of fused-ring (bicyclic) bond motifs is 1. The highest BCUT2D eigenvalue weighted by atomic mass is 32.1. The number of rotatable bonds is 10. The number of ether oxygens (including phenoxy) is 5. The van der Waals surface area contributed by atoms with E-state index in [1.165, 1.54) is 23.0 Å². The number of allylic oxidation sites excluding steroid dienone is 1. The zero-order chi connectivity index (χ0) is 28.1. The molecule has 4 rings (SSSR count). The van der Waals surface area contributed by atoms with Gasteiger partial charge in [0.25, 0.3) is 5.56 Å². The third-order valence-electron chi connectivity index (χ3n) is 6.30. The van der Waals surface area contributed by atoms with Crippen molar-refractivity contribution in [3.05, 3.63) is 84.0 Å². The standard InChI is InChI=1S/C29H32N2O7S/c1-7-37-26-20(9-8-10-21(26)35-5)25-24(28(33)38-14-13-34-4)18(3)30-29-31(25)27(32)23(39-29)16-19-12-11-17(2)22(15-19)36-6/h8-12,15-16,25H,7,13-14H2,1-6H3/b23-16+/t25-/m0/s1. The van der Waals surface area contributed by atoms with Crippen LogP contribution in [0.5, 0.6) is 17.2 Å². The monoisotopic (exact) mass is 552 g/mol. The molecule has 0 fully saturated rings. The van der Waals surface area contributed by atoms with Crippen molar-refractivity contribution in [2.24, 2.45) is 4.99 Å². The Bertz CT molecular complexity index is 1590. The van der Waals surface area contributed by atoms with E-state index < -0.39 is 12.0 Å². The molecule has 2 aromatic carbocycles. The number of carbonyl (C=O) groups is 1. The first kappa shape index (κ1) is 28.1. The van der Waals surface area contributed by atoms with E-state index in [4.69, 9.17) is 23.7 Å². The number of aryl methyl sites for hydroxylation is 1. The highest BCUT2D eigenvalue weighted by molar-refractivity contribution is 7.07. The van der Waals surface area contributed by atoms with E-state index in [9.17, 15) is 9.59 Å². The first-order valence-corrected chi connectivity index (χ1v) is 13.3. The van der Waals surface area contributed by atoms with Gasteiger partial charge in [0.1, 0.15) is 18.4 Å². The maximum absolute atomic E-state index is 14.0. The highest BCUT2D eigenvalue weighted by Crippen LogP contribution is 2.40. The number of para-hydroxylation sites is 1. The third-order valence-corrected chi connectivity index (χ3v) is 7.29. The molecule has 1 aliphatic rings. The van der Waals surface area contributed by atoms with Crippen molar-refractivity contribution in [1.82, 2.24) is 4.57 Å². The Kier molecular flexibility index (Phi) is 8.88. The van der Waals surface area contributed by atoms with E-state index in [2.05, 4.69) is 4.99 Å². The SMILES string of the molecule is CCOc1c(OC)cccc1[C@H]1C(C(=O)OCCOC)=C(C)N=c2s/c(=C/c3ccc(C)c(OC)c3)c(=O)n21. The normalized spacial score (nSPS) is 15.0. The van der Waals surface area contributed by atoms with Gasteiger partial charge in [-0.05, 0) is 50.1 Å². The van der Waals surface area contributed by atoms with E-state index in [1.54, 1.807) is 39.4 Å². The van der Waals surface area contributed by atoms with Gasteiger partial charge in [0.05, 0.1) is 43.2 Å². The van der Waals surface area contributed by atoms with Gasteiger partial charge < -0.3 is 23.7 Å². The molecule has 0 saturated heterocycles. The molecular weight excluding hydrogens is 520 g/mol. The number of benzene rings is 2. The number of hydrogen-bond donors (Lipinski definition) is 0. The minimum Gasteiger partial charge on any atom is -0.496 e. The van der Waals surface area contributed by atoms with Crippen molar-refractivity contribution < 1.29 is 28.5 Å². The van der Waals surface area contributed by atoms with Crippen LogP contribution in [0.2, 0.25) is 0 Å². The topological polar surface area (TPSA) is 97.6 Å². The van der Waals surface area contributed by atoms with Gasteiger partial charge in [0.15, 0.2) is 16.3 Å². The van der Waals surface area contributed by atoms with E-state index in [0.29, 0.717) is 38.7 Å². The fourth-order valence-corrected chi connectivity index (χ4v) is 5.50. The molecule has 206 valence electrons. The van der Waals surface area contributed by atoms with Gasteiger partial charge in [-0.15, -0.1) is 0 Å². The minimum absolute atomic E-state index is 0.0644. The number of methoxy groups -OCH3 is 3. The van der Waals surface area contributed by atoms with Crippen LogP contribution in [-0.2, 0) is 14.3 Å². The average molecular weight is 553 g/mol. The molecule has 3 aromatic rings. The molecule has 0 spiro atoms. The fourth-order valence-electron chi connectivity index (χ4n) is 4.46. The molecule has 0 aliphatic carbocycles. The van der Waals surface area contributed by atoms with Crippen LogP contribution in [0.25, 0.3) is 6.08 Å². The first-order valence-electron chi connectivity index (χ1n) is 12.5. The fraction of sp³-hybridized carbons (Fsp3) is 0.345. The lowest BCUT2D eigenvalue weighted by atomic mass is 9.94. The Morgan fingerprint density at radius 3 is 2.54 bits per heavy atom. The maximum atomic E-state index is 14.0. The lowest BCUT2D eigenvalue weighted by Crippen LogP contribution is -2.40. The van der Waals surface area contributed by atoms with Gasteiger partial charge in [-0.1, -0.05) is 35.6 Å². The molecule has 10 heteroatoms. The number of hydrogen-bond acceptors (Lipinski definition) is 9. The van der Waals surface area contributed by atoms with Gasteiger partial charge in [0, 0.05) is 12.7 Å². The Morgan fingerprint density at radius 2 is 1.85 bits per heavy atom. The molecule has 0 bridgehead atoms. The molecule has 9 nitrogen and oxygen atoms in total. The van der Waals surface area contributed by atoms with Crippen molar-refractivity contribution >= 4 is 23.4 Å². The van der Waals surface area contributed by atoms with Crippen LogP contribution < -0.4 is 29.1 Å². The summed E-state index contributed by atoms with van der Waals surface area (Å²) in [6.45, 7) is 6.22. The van der Waals surface area contributed by atoms with Gasteiger partial charge >= 0.3 is 5.97 Å². The number of thiazole rings is 1. The molecule has 0 saturated carbocycles. The van der Waals surface area contributed by atoms with Crippen molar-refractivity contribution in [2.75, 3.05) is 41.2 Å². The van der Waals surface area contributed by atoms with Crippen LogP contribution in [0.3, 0.4) is 0 Å². The largest absolute Gasteiger partial charge is 0.496 e. The Morgan fingerprint density at radius 1 is 1.08 bits per heavy atom. The molecule has 1 aromatic heterocycles. The molecule has 0 unspecified atom stereocenters. The summed E-state index contributed by atoms with van der Waals surface area (Å²) in [5.74, 6) is 1.08. The summed E-state index contributed by atoms with van der Waals surface area (Å²) in [5.41, 5.74) is 2.81. The molecule has 1 aliphatic heterocycles. The van der Waals surface area contributed by atoms with Crippen LogP contribution in [-0.4, -0.2) is 51.7 Å². The van der Waals surface area contributed by atoms with Crippen molar-refractivity contribution in [1.29, 1.82) is 0 Å². The van der Waals surface area contributed by atoms with Crippen molar-refractivity contribution in [3.63, 3.8) is 0 Å². The van der Waals surface area contributed by atoms with E-state index in [-0.39, 0.29) is 24.3 Å². The van der Waals surface area contributed by atoms with E-state index in [0.717, 1.165) is 16.9 Å². The Labute approximate surface area is 230 Å². The summed E-state index contributed by atoms with van der Waals surface area (Å²) in [4.78, 5) is 32.5. The molecule has 1 atom stereocenters. The summed E-state index contributed by atoms with van der Waals surface area (Å²) < 4.78 is 29.5. The lowest BCUT2D eigenvalue weighted by molar-refractivity contribution is -0.140. The summed E-state index contributed by atoms with van der Waals surface area (Å²) in [6, 6.07) is 10.3. The van der Waals surface area contributed by atoms with Crippen LogP contribution in [0.4, 0.5) is 0 Å². The van der Waals surface area contributed by atoms with Gasteiger partial charge in [-0.3, -0.25) is 9.36 Å². The molecule has 39 heavy (non-hydrogen) atoms. The molecule has 0 N–H and O–H groups in total. The van der Waals surface area contributed by atoms with Crippen LogP contribution >= 0.6 is 11.3 Å². The quantitative estimate of drug-likeness (QED) is 0.282. The minimum atomic E-state index is -0.845. The summed E-state index contributed by atoms with van der Waals surface area (Å²) in [7, 11) is 4.69. The average Bonchev–Trinajstić information content (AvgIpc) is 3.23. The molecule has 2 heterocycles. The molecular formula is C29H32N2O7S. The number of aromatic nitrogens is 1. The summed E-state index contributed by atoms with van der Waals surface area (Å²) in [6.07, 6.45) is 1.80. The third kappa shape index (κ3) is 5.62. The molecule has 0 amide bonds. The van der Waals surface area contributed by atoms with Crippen molar-refractivity contribution in [3.8, 4) is 17.2 Å². The van der Waals surface area contributed by atoms with E-state index >= 15 is 0 Å². The second-order valence-electron chi connectivity index (χ2n) is 8.75. The smallest absolute Gasteiger partial charge is 0.338 e. The first-order chi connectivity index (χ1) is 18.8. The maximum Gasteiger partial charge on any atom is 0.338 e. The number of carbonyl (C=O) groups excluding carboxylic acids is 1. The highest BCUT2D eigenvalue weighted by Gasteiger charge is 2.36. The summed E-state index contributed by atoms with van der Waals surface area (Å²) in [5, 5.41) is 0. The van der Waals surface area contributed by atoms with Crippen LogP contribution in [0.15, 0.2) is 57.5 Å². The predicted molar refractivity (Wildman–Crippen MR) is 148 cm³/mol. The Balaban J connectivity index is 1.96. The van der Waals surface area contributed by atoms with Gasteiger partial charge in [-0.2, -0.15) is 0 Å². The second kappa shape index (κ2) is 12.3. The van der Waals surface area contributed by atoms with Crippen molar-refractivity contribution in [2.45, 2.75) is 26.8 Å². The number of esters is 1. The van der Waals surface area contributed by atoms with Gasteiger partial charge in [0.2, 0.25) is 0 Å². The summed E-state index contributed by atoms with van der Waals surface area (Å²) >= 11 is 1.25. The lowest BCUT2D eigenvalue weighted by Gasteiger charge is -2.27. The predicted octanol–water partition coefficient (Wildman–Crippen LogP) is 3.15. The zero-order valence-corrected chi connectivity index (χ0v) is 23.7. The van der Waals surface area contributed by atoms with Gasteiger partial charge in [-0.25, -0.2) is 9.79 Å². The van der Waals surface area contributed by atoms with Crippen LogP contribution in [0.1, 0.15) is 36.6 Å². The van der Waals surface area contributed by atoms with E-state index in [1.807, 2.05) is 38.1 Å². The zero-order valence-electron chi connectivity index (χ0n) is 22.9. The second-order valence-corrected chi connectivity index (χ2v) is 9.76. The molecule has 0 radical (unpaired) electrons. The Hall–Kier alpha value is -3.89. The van der Waals surface area contributed by atoms with Crippen LogP contribution in [0, 0.1) is 6.92 Å².